The zero-order valence-electron chi connectivity index (χ0n) is 12.6. The van der Waals surface area contributed by atoms with E-state index >= 15 is 0 Å². The van der Waals surface area contributed by atoms with Crippen LogP contribution >= 0.6 is 0 Å². The van der Waals surface area contributed by atoms with E-state index in [2.05, 4.69) is 5.32 Å². The highest BCUT2D eigenvalue weighted by Crippen LogP contribution is 2.18. The summed E-state index contributed by atoms with van der Waals surface area (Å²) in [6.07, 6.45) is 1.63. The van der Waals surface area contributed by atoms with Gasteiger partial charge < -0.3 is 15.5 Å². The molecule has 0 spiro atoms. The van der Waals surface area contributed by atoms with Crippen LogP contribution in [0, 0.1) is 6.92 Å². The first-order valence-electron chi connectivity index (χ1n) is 6.83. The number of benzene rings is 1. The summed E-state index contributed by atoms with van der Waals surface area (Å²) in [5.41, 5.74) is 7.99. The van der Waals surface area contributed by atoms with Crippen molar-refractivity contribution in [2.75, 3.05) is 26.4 Å². The molecule has 5 nitrogen and oxygen atoms in total. The third-order valence-corrected chi connectivity index (χ3v) is 3.49. The first-order chi connectivity index (χ1) is 9.99. The Hall–Kier alpha value is -2.27. The van der Waals surface area contributed by atoms with Crippen LogP contribution in [-0.2, 0) is 0 Å². The number of anilines is 1. The lowest BCUT2D eigenvalue weighted by Gasteiger charge is -2.22. The van der Waals surface area contributed by atoms with Crippen LogP contribution in [0.3, 0.4) is 0 Å². The van der Waals surface area contributed by atoms with Gasteiger partial charge in [-0.25, -0.2) is 0 Å². The number of aryl methyl sites for hydroxylation is 1. The average molecular weight is 287 g/mol. The molecule has 112 valence electrons. The summed E-state index contributed by atoms with van der Waals surface area (Å²) in [6.45, 7) is 2.38. The number of rotatable bonds is 5. The molecule has 0 saturated heterocycles. The highest BCUT2D eigenvalue weighted by molar-refractivity contribution is 5.95. The van der Waals surface area contributed by atoms with Crippen molar-refractivity contribution in [2.24, 2.45) is 0 Å². The molecule has 2 aromatic rings. The Labute approximate surface area is 124 Å². The van der Waals surface area contributed by atoms with Crippen LogP contribution in [0.15, 0.2) is 41.0 Å². The topological polar surface area (TPSA) is 71.5 Å². The van der Waals surface area contributed by atoms with Gasteiger partial charge in [0.2, 0.25) is 0 Å². The van der Waals surface area contributed by atoms with Gasteiger partial charge in [0.1, 0.15) is 5.76 Å². The minimum Gasteiger partial charge on any atom is -0.468 e. The fourth-order valence-corrected chi connectivity index (χ4v) is 2.09. The third-order valence-electron chi connectivity index (χ3n) is 3.49. The van der Waals surface area contributed by atoms with E-state index in [0.717, 1.165) is 11.3 Å². The normalized spacial score (nSPS) is 12.4. The molecule has 0 aliphatic carbocycles. The number of furan rings is 1. The lowest BCUT2D eigenvalue weighted by Crippen LogP contribution is -2.34. The zero-order chi connectivity index (χ0) is 15.4. The number of hydrogen-bond acceptors (Lipinski definition) is 4. The second-order valence-corrected chi connectivity index (χ2v) is 5.28. The first kappa shape index (κ1) is 15.1. The first-order valence-corrected chi connectivity index (χ1v) is 6.83. The Kier molecular flexibility index (Phi) is 4.65. The number of nitrogens with two attached hydrogens (primary N) is 1. The second-order valence-electron chi connectivity index (χ2n) is 5.28. The monoisotopic (exact) mass is 287 g/mol. The van der Waals surface area contributed by atoms with E-state index in [-0.39, 0.29) is 11.9 Å². The van der Waals surface area contributed by atoms with Gasteiger partial charge in [0, 0.05) is 17.8 Å². The van der Waals surface area contributed by atoms with E-state index in [1.807, 2.05) is 44.1 Å². The SMILES string of the molecule is Cc1ccc(C(=O)NCC(c2ccco2)N(C)C)cc1N. The van der Waals surface area contributed by atoms with Gasteiger partial charge >= 0.3 is 0 Å². The summed E-state index contributed by atoms with van der Waals surface area (Å²) in [5.74, 6) is 0.684. The number of nitrogens with zero attached hydrogens (tertiary/aromatic N) is 1. The van der Waals surface area contributed by atoms with Gasteiger partial charge in [0.05, 0.1) is 12.3 Å². The number of carbonyl (C=O) groups is 1. The molecule has 1 heterocycles. The number of carbonyl (C=O) groups excluding carboxylic acids is 1. The van der Waals surface area contributed by atoms with Crippen molar-refractivity contribution in [3.05, 3.63) is 53.5 Å². The third kappa shape index (κ3) is 3.64. The number of amides is 1. The van der Waals surface area contributed by atoms with Gasteiger partial charge in [-0.1, -0.05) is 6.07 Å². The van der Waals surface area contributed by atoms with Crippen molar-refractivity contribution in [3.8, 4) is 0 Å². The summed E-state index contributed by atoms with van der Waals surface area (Å²) in [7, 11) is 3.90. The van der Waals surface area contributed by atoms with Crippen LogP contribution in [0.2, 0.25) is 0 Å². The molecule has 1 atom stereocenters. The van der Waals surface area contributed by atoms with Crippen molar-refractivity contribution in [1.82, 2.24) is 10.2 Å². The zero-order valence-corrected chi connectivity index (χ0v) is 12.6. The van der Waals surface area contributed by atoms with E-state index in [1.165, 1.54) is 0 Å². The highest BCUT2D eigenvalue weighted by Gasteiger charge is 2.18. The van der Waals surface area contributed by atoms with Crippen LogP contribution in [0.25, 0.3) is 0 Å². The summed E-state index contributed by atoms with van der Waals surface area (Å²) < 4.78 is 5.42. The number of hydrogen-bond donors (Lipinski definition) is 2. The van der Waals surface area contributed by atoms with Crippen LogP contribution in [0.5, 0.6) is 0 Å². The Morgan fingerprint density at radius 2 is 2.14 bits per heavy atom. The molecule has 5 heteroatoms. The van der Waals surface area contributed by atoms with Crippen molar-refractivity contribution in [3.63, 3.8) is 0 Å². The minimum absolute atomic E-state index is 0.00764. The molecule has 0 aliphatic rings. The molecule has 0 aliphatic heterocycles. The van der Waals surface area contributed by atoms with E-state index in [4.69, 9.17) is 10.2 Å². The van der Waals surface area contributed by atoms with Crippen molar-refractivity contribution in [2.45, 2.75) is 13.0 Å². The largest absolute Gasteiger partial charge is 0.468 e. The van der Waals surface area contributed by atoms with Crippen molar-refractivity contribution in [1.29, 1.82) is 0 Å². The standard InChI is InChI=1S/C16H21N3O2/c1-11-6-7-12(9-13(11)17)16(20)18-10-14(19(2)3)15-5-4-8-21-15/h4-9,14H,10,17H2,1-3H3,(H,18,20). The number of likely N-dealkylation sites (N-methyl/N-ethyl adjacent to an activating group) is 1. The molecule has 0 fully saturated rings. The summed E-state index contributed by atoms with van der Waals surface area (Å²) in [4.78, 5) is 14.2. The molecular weight excluding hydrogens is 266 g/mol. The van der Waals surface area contributed by atoms with Crippen molar-refractivity contribution >= 4 is 11.6 Å². The lowest BCUT2D eigenvalue weighted by molar-refractivity contribution is 0.0939. The minimum atomic E-state index is -0.139. The van der Waals surface area contributed by atoms with Gasteiger partial charge in [-0.05, 0) is 50.8 Å². The van der Waals surface area contributed by atoms with E-state index in [1.54, 1.807) is 18.4 Å². The summed E-state index contributed by atoms with van der Waals surface area (Å²) in [5, 5.41) is 2.92. The predicted molar refractivity (Wildman–Crippen MR) is 83.1 cm³/mol. The van der Waals surface area contributed by atoms with Gasteiger partial charge in [0.25, 0.3) is 5.91 Å². The van der Waals surface area contributed by atoms with Gasteiger partial charge in [-0.3, -0.25) is 9.69 Å². The predicted octanol–water partition coefficient (Wildman–Crippen LogP) is 2.20. The molecule has 2 rings (SSSR count). The lowest BCUT2D eigenvalue weighted by atomic mass is 10.1. The molecule has 0 saturated carbocycles. The van der Waals surface area contributed by atoms with Crippen LogP contribution in [0.1, 0.15) is 27.7 Å². The summed E-state index contributed by atoms with van der Waals surface area (Å²) in [6, 6.07) is 9.06. The Bertz CT molecular complexity index is 606. The Morgan fingerprint density at radius 3 is 2.71 bits per heavy atom. The number of nitrogen functional groups attached to an aromatic ring is 1. The maximum atomic E-state index is 12.2. The Morgan fingerprint density at radius 1 is 1.38 bits per heavy atom. The smallest absolute Gasteiger partial charge is 0.251 e. The maximum Gasteiger partial charge on any atom is 0.251 e. The van der Waals surface area contributed by atoms with Gasteiger partial charge in [-0.15, -0.1) is 0 Å². The molecule has 1 aromatic heterocycles. The number of nitrogens with one attached hydrogen (secondary N) is 1. The maximum absolute atomic E-state index is 12.2. The fraction of sp³-hybridized carbons (Fsp3) is 0.312. The van der Waals surface area contributed by atoms with E-state index in [0.29, 0.717) is 17.8 Å². The van der Waals surface area contributed by atoms with E-state index < -0.39 is 0 Å². The molecular formula is C16H21N3O2. The second kappa shape index (κ2) is 6.45. The Balaban J connectivity index is 2.03. The fourth-order valence-electron chi connectivity index (χ4n) is 2.09. The van der Waals surface area contributed by atoms with Crippen LogP contribution in [-0.4, -0.2) is 31.4 Å². The van der Waals surface area contributed by atoms with Crippen LogP contribution in [0.4, 0.5) is 5.69 Å². The molecule has 1 aromatic carbocycles. The molecule has 0 bridgehead atoms. The molecule has 0 radical (unpaired) electrons. The molecule has 21 heavy (non-hydrogen) atoms. The van der Waals surface area contributed by atoms with E-state index in [9.17, 15) is 4.79 Å². The van der Waals surface area contributed by atoms with Crippen LogP contribution < -0.4 is 11.1 Å². The quantitative estimate of drug-likeness (QED) is 0.827. The molecule has 3 N–H and O–H groups in total. The van der Waals surface area contributed by atoms with Gasteiger partial charge in [0.15, 0.2) is 0 Å². The van der Waals surface area contributed by atoms with Gasteiger partial charge in [-0.2, -0.15) is 0 Å². The summed E-state index contributed by atoms with van der Waals surface area (Å²) >= 11 is 0. The molecule has 1 amide bonds. The van der Waals surface area contributed by atoms with Crippen molar-refractivity contribution < 1.29 is 9.21 Å². The molecule has 1 unspecified atom stereocenters. The highest BCUT2D eigenvalue weighted by atomic mass is 16.3. The average Bonchev–Trinajstić information content (AvgIpc) is 2.95.